The maximum absolute atomic E-state index is 13.0. The van der Waals surface area contributed by atoms with Crippen molar-refractivity contribution in [1.29, 1.82) is 0 Å². The van der Waals surface area contributed by atoms with Crippen molar-refractivity contribution in [3.8, 4) is 0 Å². The lowest BCUT2D eigenvalue weighted by Crippen LogP contribution is -2.48. The van der Waals surface area contributed by atoms with Crippen LogP contribution in [0.1, 0.15) is 30.4 Å². The highest BCUT2D eigenvalue weighted by Crippen LogP contribution is 2.28. The monoisotopic (exact) mass is 343 g/mol. The zero-order chi connectivity index (χ0) is 17.2. The molecule has 2 aromatic carbocycles. The fourth-order valence-electron chi connectivity index (χ4n) is 3.26. The Kier molecular flexibility index (Phi) is 4.45. The SMILES string of the molecule is C[C@]1(NC(=O)C(c2ccccc2)c2ccccc2)CCS(=O)(=O)C1. The molecule has 1 saturated heterocycles. The average Bonchev–Trinajstić information content (AvgIpc) is 2.82. The molecule has 3 rings (SSSR count). The van der Waals surface area contributed by atoms with E-state index in [2.05, 4.69) is 5.32 Å². The normalized spacial score (nSPS) is 22.4. The first-order valence-corrected chi connectivity index (χ1v) is 9.83. The Hall–Kier alpha value is -2.14. The average molecular weight is 343 g/mol. The predicted molar refractivity (Wildman–Crippen MR) is 94.5 cm³/mol. The van der Waals surface area contributed by atoms with Gasteiger partial charge in [-0.3, -0.25) is 4.79 Å². The first-order chi connectivity index (χ1) is 11.4. The molecule has 1 N–H and O–H groups in total. The van der Waals surface area contributed by atoms with Crippen molar-refractivity contribution in [3.63, 3.8) is 0 Å². The Labute approximate surface area is 142 Å². The molecule has 1 heterocycles. The first kappa shape index (κ1) is 16.7. The zero-order valence-electron chi connectivity index (χ0n) is 13.6. The summed E-state index contributed by atoms with van der Waals surface area (Å²) < 4.78 is 23.6. The maximum Gasteiger partial charge on any atom is 0.232 e. The van der Waals surface area contributed by atoms with E-state index in [0.29, 0.717) is 6.42 Å². The van der Waals surface area contributed by atoms with Crippen LogP contribution in [0.25, 0.3) is 0 Å². The fraction of sp³-hybridized carbons (Fsp3) is 0.316. The van der Waals surface area contributed by atoms with E-state index in [0.717, 1.165) is 11.1 Å². The number of hydrogen-bond acceptors (Lipinski definition) is 3. The van der Waals surface area contributed by atoms with E-state index in [1.54, 1.807) is 0 Å². The molecule has 2 aromatic rings. The zero-order valence-corrected chi connectivity index (χ0v) is 14.4. The molecule has 0 unspecified atom stereocenters. The van der Waals surface area contributed by atoms with Gasteiger partial charge in [0.2, 0.25) is 5.91 Å². The third-order valence-corrected chi connectivity index (χ3v) is 6.36. The standard InChI is InChI=1S/C19H21NO3S/c1-19(12-13-24(22,23)14-19)20-18(21)17(15-8-4-2-5-9-15)16-10-6-3-7-11-16/h2-11,17H,12-14H2,1H3,(H,20,21)/t19-/m0/s1. The molecule has 0 aromatic heterocycles. The van der Waals surface area contributed by atoms with Crippen LogP contribution in [0.3, 0.4) is 0 Å². The minimum atomic E-state index is -3.07. The number of rotatable bonds is 4. The molecule has 24 heavy (non-hydrogen) atoms. The fourth-order valence-corrected chi connectivity index (χ4v) is 5.36. The van der Waals surface area contributed by atoms with Crippen molar-refractivity contribution in [2.75, 3.05) is 11.5 Å². The molecule has 126 valence electrons. The van der Waals surface area contributed by atoms with Crippen molar-refractivity contribution < 1.29 is 13.2 Å². The summed E-state index contributed by atoms with van der Waals surface area (Å²) in [5, 5.41) is 2.99. The molecule has 1 amide bonds. The summed E-state index contributed by atoms with van der Waals surface area (Å²) in [6.07, 6.45) is 0.456. The second-order valence-corrected chi connectivity index (χ2v) is 8.83. The van der Waals surface area contributed by atoms with Gasteiger partial charge in [-0.2, -0.15) is 0 Å². The topological polar surface area (TPSA) is 63.2 Å². The van der Waals surface area contributed by atoms with Gasteiger partial charge in [0.1, 0.15) is 0 Å². The van der Waals surface area contributed by atoms with Crippen LogP contribution >= 0.6 is 0 Å². The number of nitrogens with one attached hydrogen (secondary N) is 1. The van der Waals surface area contributed by atoms with Crippen molar-refractivity contribution in [3.05, 3.63) is 71.8 Å². The van der Waals surface area contributed by atoms with Crippen LogP contribution in [0, 0.1) is 0 Å². The van der Waals surface area contributed by atoms with Gasteiger partial charge in [-0.1, -0.05) is 60.7 Å². The number of sulfone groups is 1. The quantitative estimate of drug-likeness (QED) is 0.928. The molecule has 0 aliphatic carbocycles. The lowest BCUT2D eigenvalue weighted by molar-refractivity contribution is -0.123. The van der Waals surface area contributed by atoms with Crippen LogP contribution in [0.5, 0.6) is 0 Å². The number of hydrogen-bond donors (Lipinski definition) is 1. The van der Waals surface area contributed by atoms with Gasteiger partial charge < -0.3 is 5.32 Å². The minimum absolute atomic E-state index is 0.00202. The highest BCUT2D eigenvalue weighted by Gasteiger charge is 2.40. The van der Waals surface area contributed by atoms with Crippen molar-refractivity contribution >= 4 is 15.7 Å². The molecule has 1 atom stereocenters. The number of amides is 1. The molecule has 4 nitrogen and oxygen atoms in total. The summed E-state index contributed by atoms with van der Waals surface area (Å²) in [5.74, 6) is -0.479. The van der Waals surface area contributed by atoms with E-state index in [4.69, 9.17) is 0 Å². The summed E-state index contributed by atoms with van der Waals surface area (Å²) in [7, 11) is -3.07. The molecule has 5 heteroatoms. The molecule has 0 radical (unpaired) electrons. The Balaban J connectivity index is 1.90. The van der Waals surface area contributed by atoms with E-state index >= 15 is 0 Å². The van der Waals surface area contributed by atoms with Crippen LogP contribution < -0.4 is 5.32 Å². The van der Waals surface area contributed by atoms with Gasteiger partial charge in [0.05, 0.1) is 23.0 Å². The van der Waals surface area contributed by atoms with Crippen molar-refractivity contribution in [2.45, 2.75) is 24.8 Å². The minimum Gasteiger partial charge on any atom is -0.349 e. The second kappa shape index (κ2) is 6.40. The summed E-state index contributed by atoms with van der Waals surface area (Å²) in [6, 6.07) is 19.1. The van der Waals surface area contributed by atoms with Crippen LogP contribution in [0.15, 0.2) is 60.7 Å². The third-order valence-electron chi connectivity index (χ3n) is 4.46. The number of benzene rings is 2. The van der Waals surface area contributed by atoms with Gasteiger partial charge in [-0.15, -0.1) is 0 Å². The predicted octanol–water partition coefficient (Wildman–Crippen LogP) is 2.51. The molecule has 0 bridgehead atoms. The molecule has 0 saturated carbocycles. The van der Waals surface area contributed by atoms with Gasteiger partial charge in [-0.05, 0) is 24.5 Å². The van der Waals surface area contributed by atoms with E-state index in [1.807, 2.05) is 67.6 Å². The summed E-state index contributed by atoms with van der Waals surface area (Å²) in [6.45, 7) is 1.81. The van der Waals surface area contributed by atoms with Crippen LogP contribution in [-0.4, -0.2) is 31.4 Å². The van der Waals surface area contributed by atoms with Crippen LogP contribution in [0.4, 0.5) is 0 Å². The van der Waals surface area contributed by atoms with E-state index < -0.39 is 21.3 Å². The van der Waals surface area contributed by atoms with Gasteiger partial charge in [0.25, 0.3) is 0 Å². The van der Waals surface area contributed by atoms with E-state index in [9.17, 15) is 13.2 Å². The van der Waals surface area contributed by atoms with Gasteiger partial charge >= 0.3 is 0 Å². The van der Waals surface area contributed by atoms with Gasteiger partial charge in [-0.25, -0.2) is 8.42 Å². The Morgan fingerprint density at radius 3 is 1.92 bits per heavy atom. The third kappa shape index (κ3) is 3.67. The summed E-state index contributed by atoms with van der Waals surface area (Å²) in [5.41, 5.74) is 1.09. The first-order valence-electron chi connectivity index (χ1n) is 8.01. The highest BCUT2D eigenvalue weighted by atomic mass is 32.2. The Morgan fingerprint density at radius 1 is 1.00 bits per heavy atom. The largest absolute Gasteiger partial charge is 0.349 e. The van der Waals surface area contributed by atoms with Crippen LogP contribution in [-0.2, 0) is 14.6 Å². The molecule has 1 fully saturated rings. The van der Waals surface area contributed by atoms with Crippen molar-refractivity contribution in [1.82, 2.24) is 5.32 Å². The number of carbonyl (C=O) groups is 1. The molecule has 1 aliphatic rings. The molecular formula is C19H21NO3S. The Bertz CT molecular complexity index is 779. The summed E-state index contributed by atoms with van der Waals surface area (Å²) in [4.78, 5) is 13.0. The van der Waals surface area contributed by atoms with Crippen molar-refractivity contribution in [2.24, 2.45) is 0 Å². The summed E-state index contributed by atoms with van der Waals surface area (Å²) >= 11 is 0. The lowest BCUT2D eigenvalue weighted by Gasteiger charge is -2.27. The Morgan fingerprint density at radius 2 is 1.50 bits per heavy atom. The van der Waals surface area contributed by atoms with E-state index in [-0.39, 0.29) is 17.4 Å². The van der Waals surface area contributed by atoms with E-state index in [1.165, 1.54) is 0 Å². The van der Waals surface area contributed by atoms with Gasteiger partial charge in [0, 0.05) is 0 Å². The molecule has 1 aliphatic heterocycles. The van der Waals surface area contributed by atoms with Crippen LogP contribution in [0.2, 0.25) is 0 Å². The molecule has 0 spiro atoms. The molecular weight excluding hydrogens is 322 g/mol. The second-order valence-electron chi connectivity index (χ2n) is 6.65. The number of carbonyl (C=O) groups excluding carboxylic acids is 1. The highest BCUT2D eigenvalue weighted by molar-refractivity contribution is 7.91. The lowest BCUT2D eigenvalue weighted by atomic mass is 9.89. The van der Waals surface area contributed by atoms with Gasteiger partial charge in [0.15, 0.2) is 9.84 Å². The smallest absolute Gasteiger partial charge is 0.232 e. The maximum atomic E-state index is 13.0.